The lowest BCUT2D eigenvalue weighted by molar-refractivity contribution is -0.137. The SMILES string of the molecule is COC(=O)c1nc(-c2ccc(C(F)(F)F)cc2)nc(N)c1Cl. The topological polar surface area (TPSA) is 78.1 Å². The minimum absolute atomic E-state index is 0.0315. The molecule has 1 aromatic heterocycles. The Balaban J connectivity index is 2.49. The molecular weight excluding hydrogens is 323 g/mol. The smallest absolute Gasteiger partial charge is 0.416 e. The summed E-state index contributed by atoms with van der Waals surface area (Å²) in [5, 5.41) is -0.178. The summed E-state index contributed by atoms with van der Waals surface area (Å²) in [6.45, 7) is 0. The highest BCUT2D eigenvalue weighted by Crippen LogP contribution is 2.31. The Labute approximate surface area is 127 Å². The summed E-state index contributed by atoms with van der Waals surface area (Å²) in [6, 6.07) is 4.10. The molecule has 0 saturated heterocycles. The third kappa shape index (κ3) is 3.11. The molecule has 0 bridgehead atoms. The van der Waals surface area contributed by atoms with Crippen molar-refractivity contribution in [3.05, 3.63) is 40.5 Å². The maximum Gasteiger partial charge on any atom is 0.416 e. The Morgan fingerprint density at radius 2 is 1.82 bits per heavy atom. The highest BCUT2D eigenvalue weighted by atomic mass is 35.5. The number of methoxy groups -OCH3 is 1. The number of ether oxygens (including phenoxy) is 1. The van der Waals surface area contributed by atoms with Crippen LogP contribution in [-0.4, -0.2) is 23.0 Å². The Hall–Kier alpha value is -2.35. The summed E-state index contributed by atoms with van der Waals surface area (Å²) >= 11 is 5.81. The number of halogens is 4. The van der Waals surface area contributed by atoms with Crippen LogP contribution in [0, 0.1) is 0 Å². The first-order valence-corrected chi connectivity index (χ1v) is 6.20. The van der Waals surface area contributed by atoms with E-state index in [4.69, 9.17) is 17.3 Å². The Morgan fingerprint density at radius 3 is 2.32 bits per heavy atom. The predicted octanol–water partition coefficient (Wildman–Crippen LogP) is 3.18. The van der Waals surface area contributed by atoms with E-state index < -0.39 is 17.7 Å². The predicted molar refractivity (Wildman–Crippen MR) is 73.2 cm³/mol. The average molecular weight is 332 g/mol. The highest BCUT2D eigenvalue weighted by molar-refractivity contribution is 6.35. The van der Waals surface area contributed by atoms with Gasteiger partial charge in [0.25, 0.3) is 0 Å². The first kappa shape index (κ1) is 16.0. The number of anilines is 1. The zero-order valence-corrected chi connectivity index (χ0v) is 11.9. The molecule has 1 heterocycles. The van der Waals surface area contributed by atoms with Crippen LogP contribution in [0.25, 0.3) is 11.4 Å². The lowest BCUT2D eigenvalue weighted by Gasteiger charge is -2.09. The molecule has 0 saturated carbocycles. The van der Waals surface area contributed by atoms with Crippen molar-refractivity contribution >= 4 is 23.4 Å². The number of nitrogen functional groups attached to an aromatic ring is 1. The van der Waals surface area contributed by atoms with E-state index in [0.29, 0.717) is 0 Å². The normalized spacial score (nSPS) is 11.3. The summed E-state index contributed by atoms with van der Waals surface area (Å²) in [6.07, 6.45) is -4.45. The van der Waals surface area contributed by atoms with E-state index in [1.165, 1.54) is 12.1 Å². The van der Waals surface area contributed by atoms with Crippen LogP contribution >= 0.6 is 11.6 Å². The van der Waals surface area contributed by atoms with Crippen molar-refractivity contribution in [2.75, 3.05) is 12.8 Å². The van der Waals surface area contributed by atoms with Gasteiger partial charge in [0, 0.05) is 5.56 Å². The molecule has 0 aliphatic carbocycles. The molecular formula is C13H9ClF3N3O2. The maximum atomic E-state index is 12.5. The summed E-state index contributed by atoms with van der Waals surface area (Å²) in [4.78, 5) is 19.3. The Bertz CT molecular complexity index is 718. The van der Waals surface area contributed by atoms with Crippen LogP contribution < -0.4 is 5.73 Å². The molecule has 2 aromatic rings. The number of esters is 1. The fraction of sp³-hybridized carbons (Fsp3) is 0.154. The minimum Gasteiger partial charge on any atom is -0.464 e. The van der Waals surface area contributed by atoms with Gasteiger partial charge in [0.05, 0.1) is 12.7 Å². The molecule has 2 rings (SSSR count). The monoisotopic (exact) mass is 331 g/mol. The van der Waals surface area contributed by atoms with E-state index >= 15 is 0 Å². The van der Waals surface area contributed by atoms with Gasteiger partial charge in [-0.2, -0.15) is 13.2 Å². The number of hydrogen-bond donors (Lipinski definition) is 1. The van der Waals surface area contributed by atoms with Crippen LogP contribution in [0.1, 0.15) is 16.1 Å². The standard InChI is InChI=1S/C13H9ClF3N3O2/c1-22-12(21)9-8(14)10(18)20-11(19-9)6-2-4-7(5-3-6)13(15,16)17/h2-5H,1H3,(H2,18,19,20). The van der Waals surface area contributed by atoms with Crippen molar-refractivity contribution in [3.63, 3.8) is 0 Å². The second-order valence-corrected chi connectivity index (χ2v) is 4.54. The molecule has 0 aliphatic heterocycles. The second kappa shape index (κ2) is 5.80. The van der Waals surface area contributed by atoms with Gasteiger partial charge < -0.3 is 10.5 Å². The summed E-state index contributed by atoms with van der Waals surface area (Å²) in [5.41, 5.74) is 4.76. The van der Waals surface area contributed by atoms with Crippen LogP contribution in [-0.2, 0) is 10.9 Å². The number of carbonyl (C=O) groups excluding carboxylic acids is 1. The maximum absolute atomic E-state index is 12.5. The molecule has 5 nitrogen and oxygen atoms in total. The molecule has 0 aliphatic rings. The van der Waals surface area contributed by atoms with Gasteiger partial charge in [-0.15, -0.1) is 0 Å². The zero-order chi connectivity index (χ0) is 16.5. The van der Waals surface area contributed by atoms with Crippen molar-refractivity contribution in [1.29, 1.82) is 0 Å². The Morgan fingerprint density at radius 1 is 1.23 bits per heavy atom. The van der Waals surface area contributed by atoms with Gasteiger partial charge in [0.1, 0.15) is 10.8 Å². The van der Waals surface area contributed by atoms with Gasteiger partial charge in [0.15, 0.2) is 11.5 Å². The van der Waals surface area contributed by atoms with E-state index in [1.807, 2.05) is 0 Å². The summed E-state index contributed by atoms with van der Waals surface area (Å²) < 4.78 is 42.1. The number of nitrogens with two attached hydrogens (primary N) is 1. The molecule has 22 heavy (non-hydrogen) atoms. The molecule has 116 valence electrons. The number of nitrogens with zero attached hydrogens (tertiary/aromatic N) is 2. The van der Waals surface area contributed by atoms with E-state index in [0.717, 1.165) is 19.2 Å². The molecule has 9 heteroatoms. The highest BCUT2D eigenvalue weighted by Gasteiger charge is 2.30. The van der Waals surface area contributed by atoms with Crippen LogP contribution in [0.2, 0.25) is 5.02 Å². The van der Waals surface area contributed by atoms with Gasteiger partial charge in [-0.3, -0.25) is 0 Å². The number of alkyl halides is 3. The van der Waals surface area contributed by atoms with E-state index in [9.17, 15) is 18.0 Å². The van der Waals surface area contributed by atoms with Crippen LogP contribution in [0.4, 0.5) is 19.0 Å². The van der Waals surface area contributed by atoms with Crippen molar-refractivity contribution in [3.8, 4) is 11.4 Å². The van der Waals surface area contributed by atoms with Gasteiger partial charge >= 0.3 is 12.1 Å². The molecule has 1 aromatic carbocycles. The number of rotatable bonds is 2. The molecule has 0 fully saturated rings. The molecule has 0 unspecified atom stereocenters. The molecule has 0 atom stereocenters. The lowest BCUT2D eigenvalue weighted by Crippen LogP contribution is -2.10. The molecule has 0 radical (unpaired) electrons. The van der Waals surface area contributed by atoms with Crippen molar-refractivity contribution in [2.45, 2.75) is 6.18 Å². The van der Waals surface area contributed by atoms with Gasteiger partial charge in [-0.05, 0) is 12.1 Å². The summed E-state index contributed by atoms with van der Waals surface area (Å²) in [7, 11) is 1.13. The number of benzene rings is 1. The third-order valence-corrected chi connectivity index (χ3v) is 3.10. The van der Waals surface area contributed by atoms with Crippen LogP contribution in [0.3, 0.4) is 0 Å². The molecule has 0 spiro atoms. The van der Waals surface area contributed by atoms with Crippen LogP contribution in [0.5, 0.6) is 0 Å². The largest absolute Gasteiger partial charge is 0.464 e. The fourth-order valence-corrected chi connectivity index (χ4v) is 1.80. The second-order valence-electron chi connectivity index (χ2n) is 4.16. The van der Waals surface area contributed by atoms with Crippen molar-refractivity contribution in [1.82, 2.24) is 9.97 Å². The average Bonchev–Trinajstić information content (AvgIpc) is 2.48. The van der Waals surface area contributed by atoms with Crippen molar-refractivity contribution in [2.24, 2.45) is 0 Å². The number of carbonyl (C=O) groups is 1. The van der Waals surface area contributed by atoms with Gasteiger partial charge in [0.2, 0.25) is 0 Å². The lowest BCUT2D eigenvalue weighted by atomic mass is 10.1. The van der Waals surface area contributed by atoms with Crippen molar-refractivity contribution < 1.29 is 22.7 Å². The fourth-order valence-electron chi connectivity index (χ4n) is 1.63. The first-order valence-electron chi connectivity index (χ1n) is 5.83. The van der Waals surface area contributed by atoms with E-state index in [1.54, 1.807) is 0 Å². The molecule has 2 N–H and O–H groups in total. The summed E-state index contributed by atoms with van der Waals surface area (Å²) in [5.74, 6) is -1.03. The third-order valence-electron chi connectivity index (χ3n) is 2.73. The quantitative estimate of drug-likeness (QED) is 0.855. The van der Waals surface area contributed by atoms with Gasteiger partial charge in [-0.1, -0.05) is 23.7 Å². The molecule has 0 amide bonds. The van der Waals surface area contributed by atoms with E-state index in [-0.39, 0.29) is 27.9 Å². The van der Waals surface area contributed by atoms with E-state index in [2.05, 4.69) is 14.7 Å². The van der Waals surface area contributed by atoms with Crippen LogP contribution in [0.15, 0.2) is 24.3 Å². The first-order chi connectivity index (χ1) is 10.2. The van der Waals surface area contributed by atoms with Gasteiger partial charge in [-0.25, -0.2) is 14.8 Å². The Kier molecular flexibility index (Phi) is 4.23. The zero-order valence-electron chi connectivity index (χ0n) is 11.1. The number of hydrogen-bond acceptors (Lipinski definition) is 5. The number of aromatic nitrogens is 2. The minimum atomic E-state index is -4.45.